The van der Waals surface area contributed by atoms with E-state index in [-0.39, 0.29) is 6.10 Å². The van der Waals surface area contributed by atoms with Gasteiger partial charge in [0.25, 0.3) is 0 Å². The number of ether oxygens (including phenoxy) is 1. The van der Waals surface area contributed by atoms with E-state index in [0.29, 0.717) is 25.3 Å². The standard InChI is InChI=1S/C15H29NO2/c1-12-5-4-8-15(9-12)18-11-14(17)10-16-13-6-2-3-7-13/h12-17H,2-11H2,1H3. The number of rotatable bonds is 6. The van der Waals surface area contributed by atoms with Gasteiger partial charge in [0.1, 0.15) is 0 Å². The second-order valence-corrected chi connectivity index (χ2v) is 6.27. The van der Waals surface area contributed by atoms with Gasteiger partial charge < -0.3 is 15.2 Å². The Morgan fingerprint density at radius 1 is 1.17 bits per heavy atom. The molecule has 0 aliphatic heterocycles. The van der Waals surface area contributed by atoms with Gasteiger partial charge in [0.05, 0.1) is 18.8 Å². The van der Waals surface area contributed by atoms with Gasteiger partial charge in [-0.05, 0) is 31.6 Å². The molecule has 0 radical (unpaired) electrons. The van der Waals surface area contributed by atoms with Crippen LogP contribution in [-0.2, 0) is 4.74 Å². The van der Waals surface area contributed by atoms with Crippen molar-refractivity contribution in [3.63, 3.8) is 0 Å². The molecule has 106 valence electrons. The highest BCUT2D eigenvalue weighted by Crippen LogP contribution is 2.25. The highest BCUT2D eigenvalue weighted by Gasteiger charge is 2.21. The highest BCUT2D eigenvalue weighted by molar-refractivity contribution is 4.75. The number of hydrogen-bond acceptors (Lipinski definition) is 3. The van der Waals surface area contributed by atoms with E-state index in [1.165, 1.54) is 51.4 Å². The fourth-order valence-electron chi connectivity index (χ4n) is 3.27. The van der Waals surface area contributed by atoms with Crippen molar-refractivity contribution in [3.8, 4) is 0 Å². The Hall–Kier alpha value is -0.120. The molecule has 0 aromatic rings. The third kappa shape index (κ3) is 4.87. The molecule has 0 aromatic heterocycles. The summed E-state index contributed by atoms with van der Waals surface area (Å²) in [6.07, 6.45) is 10.2. The molecule has 0 amide bonds. The maximum Gasteiger partial charge on any atom is 0.0897 e. The lowest BCUT2D eigenvalue weighted by molar-refractivity contribution is -0.0311. The normalized spacial score (nSPS) is 31.7. The molecule has 0 saturated heterocycles. The lowest BCUT2D eigenvalue weighted by Gasteiger charge is -2.27. The van der Waals surface area contributed by atoms with E-state index in [1.807, 2.05) is 0 Å². The Balaban J connectivity index is 1.54. The molecule has 2 fully saturated rings. The lowest BCUT2D eigenvalue weighted by Crippen LogP contribution is -2.37. The van der Waals surface area contributed by atoms with Gasteiger partial charge in [-0.15, -0.1) is 0 Å². The van der Waals surface area contributed by atoms with E-state index in [2.05, 4.69) is 12.2 Å². The van der Waals surface area contributed by atoms with Crippen LogP contribution in [0.4, 0.5) is 0 Å². The first-order valence-corrected chi connectivity index (χ1v) is 7.77. The van der Waals surface area contributed by atoms with Crippen molar-refractivity contribution < 1.29 is 9.84 Å². The van der Waals surface area contributed by atoms with E-state index in [0.717, 1.165) is 5.92 Å². The molecule has 2 aliphatic carbocycles. The molecular formula is C15H29NO2. The van der Waals surface area contributed by atoms with Gasteiger partial charge in [-0.3, -0.25) is 0 Å². The van der Waals surface area contributed by atoms with Crippen LogP contribution in [0.1, 0.15) is 58.3 Å². The van der Waals surface area contributed by atoms with Crippen molar-refractivity contribution in [2.45, 2.75) is 76.5 Å². The van der Waals surface area contributed by atoms with E-state index in [9.17, 15) is 5.11 Å². The predicted octanol–water partition coefficient (Wildman–Crippen LogP) is 2.47. The van der Waals surface area contributed by atoms with Gasteiger partial charge in [0, 0.05) is 12.6 Å². The van der Waals surface area contributed by atoms with Crippen molar-refractivity contribution in [2.75, 3.05) is 13.2 Å². The SMILES string of the molecule is CC1CCCC(OCC(O)CNC2CCCC2)C1. The van der Waals surface area contributed by atoms with Gasteiger partial charge in [-0.25, -0.2) is 0 Å². The van der Waals surface area contributed by atoms with Crippen molar-refractivity contribution in [1.82, 2.24) is 5.32 Å². The monoisotopic (exact) mass is 255 g/mol. The zero-order valence-corrected chi connectivity index (χ0v) is 11.7. The largest absolute Gasteiger partial charge is 0.389 e. The van der Waals surface area contributed by atoms with Crippen molar-refractivity contribution in [1.29, 1.82) is 0 Å². The molecule has 2 aliphatic rings. The topological polar surface area (TPSA) is 41.5 Å². The van der Waals surface area contributed by atoms with Crippen LogP contribution in [0.5, 0.6) is 0 Å². The molecule has 3 heteroatoms. The second kappa shape index (κ2) is 7.46. The van der Waals surface area contributed by atoms with Crippen LogP contribution in [0.2, 0.25) is 0 Å². The van der Waals surface area contributed by atoms with Gasteiger partial charge in [-0.2, -0.15) is 0 Å². The lowest BCUT2D eigenvalue weighted by atomic mass is 9.89. The summed E-state index contributed by atoms with van der Waals surface area (Å²) in [5, 5.41) is 13.4. The summed E-state index contributed by atoms with van der Waals surface area (Å²) in [5.41, 5.74) is 0. The average Bonchev–Trinajstić information content (AvgIpc) is 2.87. The first-order chi connectivity index (χ1) is 8.74. The number of nitrogens with one attached hydrogen (secondary N) is 1. The minimum Gasteiger partial charge on any atom is -0.389 e. The van der Waals surface area contributed by atoms with Crippen LogP contribution in [0.3, 0.4) is 0 Å². The number of aliphatic hydroxyl groups is 1. The zero-order chi connectivity index (χ0) is 12.8. The molecular weight excluding hydrogens is 226 g/mol. The molecule has 0 aromatic carbocycles. The average molecular weight is 255 g/mol. The van der Waals surface area contributed by atoms with E-state index >= 15 is 0 Å². The zero-order valence-electron chi connectivity index (χ0n) is 11.7. The first kappa shape index (κ1) is 14.3. The Morgan fingerprint density at radius 3 is 2.67 bits per heavy atom. The smallest absolute Gasteiger partial charge is 0.0897 e. The highest BCUT2D eigenvalue weighted by atomic mass is 16.5. The summed E-state index contributed by atoms with van der Waals surface area (Å²) >= 11 is 0. The predicted molar refractivity (Wildman–Crippen MR) is 73.6 cm³/mol. The Bertz CT molecular complexity index is 229. The quantitative estimate of drug-likeness (QED) is 0.766. The summed E-state index contributed by atoms with van der Waals surface area (Å²) in [6, 6.07) is 0.634. The van der Waals surface area contributed by atoms with Crippen LogP contribution < -0.4 is 5.32 Å². The Kier molecular flexibility index (Phi) is 5.93. The van der Waals surface area contributed by atoms with Gasteiger partial charge in [-0.1, -0.05) is 32.6 Å². The fourth-order valence-corrected chi connectivity index (χ4v) is 3.27. The summed E-state index contributed by atoms with van der Waals surface area (Å²) in [7, 11) is 0. The summed E-state index contributed by atoms with van der Waals surface area (Å²) < 4.78 is 5.84. The van der Waals surface area contributed by atoms with Gasteiger partial charge in [0.15, 0.2) is 0 Å². The number of aliphatic hydroxyl groups excluding tert-OH is 1. The Labute approximate surface area is 111 Å². The molecule has 3 atom stereocenters. The molecule has 0 spiro atoms. The molecule has 2 saturated carbocycles. The molecule has 2 N–H and O–H groups in total. The third-order valence-corrected chi connectivity index (χ3v) is 4.41. The van der Waals surface area contributed by atoms with Gasteiger partial charge >= 0.3 is 0 Å². The minimum atomic E-state index is -0.345. The van der Waals surface area contributed by atoms with Crippen molar-refractivity contribution >= 4 is 0 Å². The first-order valence-electron chi connectivity index (χ1n) is 7.77. The van der Waals surface area contributed by atoms with E-state index in [4.69, 9.17) is 4.74 Å². The van der Waals surface area contributed by atoms with Crippen LogP contribution in [0.25, 0.3) is 0 Å². The second-order valence-electron chi connectivity index (χ2n) is 6.27. The van der Waals surface area contributed by atoms with Crippen LogP contribution in [0, 0.1) is 5.92 Å². The fraction of sp³-hybridized carbons (Fsp3) is 1.00. The number of hydrogen-bond donors (Lipinski definition) is 2. The van der Waals surface area contributed by atoms with Crippen LogP contribution in [0.15, 0.2) is 0 Å². The summed E-state index contributed by atoms with van der Waals surface area (Å²) in [4.78, 5) is 0. The molecule has 3 unspecified atom stereocenters. The van der Waals surface area contributed by atoms with Crippen molar-refractivity contribution in [2.24, 2.45) is 5.92 Å². The summed E-state index contributed by atoms with van der Waals surface area (Å²) in [6.45, 7) is 3.48. The Morgan fingerprint density at radius 2 is 1.94 bits per heavy atom. The third-order valence-electron chi connectivity index (χ3n) is 4.41. The van der Waals surface area contributed by atoms with Crippen molar-refractivity contribution in [3.05, 3.63) is 0 Å². The van der Waals surface area contributed by atoms with Crippen LogP contribution >= 0.6 is 0 Å². The maximum absolute atomic E-state index is 9.92. The van der Waals surface area contributed by atoms with E-state index in [1.54, 1.807) is 0 Å². The summed E-state index contributed by atoms with van der Waals surface area (Å²) in [5.74, 6) is 0.789. The minimum absolute atomic E-state index is 0.345. The van der Waals surface area contributed by atoms with Gasteiger partial charge in [0.2, 0.25) is 0 Å². The molecule has 2 rings (SSSR count). The van der Waals surface area contributed by atoms with Crippen LogP contribution in [-0.4, -0.2) is 36.5 Å². The molecule has 3 nitrogen and oxygen atoms in total. The molecule has 0 heterocycles. The maximum atomic E-state index is 9.92. The molecule has 0 bridgehead atoms. The van der Waals surface area contributed by atoms with E-state index < -0.39 is 0 Å². The molecule has 18 heavy (non-hydrogen) atoms.